The van der Waals surface area contributed by atoms with E-state index in [-0.39, 0.29) is 35.7 Å². The molecule has 0 amide bonds. The van der Waals surface area contributed by atoms with Crippen LogP contribution in [0.1, 0.15) is 54.3 Å². The van der Waals surface area contributed by atoms with Crippen molar-refractivity contribution in [1.29, 1.82) is 0 Å². The maximum Gasteiger partial charge on any atom is 0.307 e. The molecule has 154 valence electrons. The van der Waals surface area contributed by atoms with E-state index in [4.69, 9.17) is 4.74 Å². The topological polar surface area (TPSA) is 77.5 Å². The number of rotatable bonds is 9. The summed E-state index contributed by atoms with van der Waals surface area (Å²) < 4.78 is 5.22. The molecular weight excluding hydrogens is 380 g/mol. The van der Waals surface area contributed by atoms with Gasteiger partial charge in [0.15, 0.2) is 11.6 Å². The molecule has 5 heteroatoms. The molecule has 0 heterocycles. The lowest BCUT2D eigenvalue weighted by Gasteiger charge is -2.16. The van der Waals surface area contributed by atoms with Crippen LogP contribution in [-0.2, 0) is 14.3 Å². The largest absolute Gasteiger partial charge is 0.431 e. The molecule has 0 N–H and O–H groups in total. The predicted molar refractivity (Wildman–Crippen MR) is 114 cm³/mol. The fourth-order valence-corrected chi connectivity index (χ4v) is 3.18. The molecule has 2 aromatic carbocycles. The molecular formula is C25H24O5. The summed E-state index contributed by atoms with van der Waals surface area (Å²) in [7, 11) is 0. The summed E-state index contributed by atoms with van der Waals surface area (Å²) in [4.78, 5) is 49.0. The molecule has 0 atom stereocenters. The summed E-state index contributed by atoms with van der Waals surface area (Å²) in [5, 5.41) is 0. The van der Waals surface area contributed by atoms with Gasteiger partial charge in [-0.05, 0) is 25.8 Å². The highest BCUT2D eigenvalue weighted by Gasteiger charge is 2.24. The van der Waals surface area contributed by atoms with Crippen molar-refractivity contribution in [3.8, 4) is 0 Å². The van der Waals surface area contributed by atoms with Crippen molar-refractivity contribution in [1.82, 2.24) is 0 Å². The first kappa shape index (κ1) is 22.7. The van der Waals surface area contributed by atoms with Crippen LogP contribution in [0, 0.1) is 0 Å². The van der Waals surface area contributed by atoms with Gasteiger partial charge in [0.25, 0.3) is 0 Å². The smallest absolute Gasteiger partial charge is 0.307 e. The Hall–Kier alpha value is -3.60. The Kier molecular flexibility index (Phi) is 8.18. The summed E-state index contributed by atoms with van der Waals surface area (Å²) in [5.41, 5.74) is 1.72. The van der Waals surface area contributed by atoms with Gasteiger partial charge in [0.2, 0.25) is 0 Å². The molecule has 2 aromatic rings. The second kappa shape index (κ2) is 10.8. The van der Waals surface area contributed by atoms with Crippen molar-refractivity contribution < 1.29 is 23.9 Å². The average molecular weight is 404 g/mol. The number of ketones is 2. The molecule has 0 aliphatic carbocycles. The lowest BCUT2D eigenvalue weighted by Crippen LogP contribution is -2.15. The Morgan fingerprint density at radius 3 is 1.77 bits per heavy atom. The molecule has 0 saturated carbocycles. The molecule has 0 spiro atoms. The van der Waals surface area contributed by atoms with Gasteiger partial charge in [-0.15, -0.1) is 0 Å². The van der Waals surface area contributed by atoms with Gasteiger partial charge in [-0.2, -0.15) is 0 Å². The minimum atomic E-state index is -0.567. The number of hydrogen-bond acceptors (Lipinski definition) is 5. The van der Waals surface area contributed by atoms with Crippen molar-refractivity contribution in [2.75, 3.05) is 0 Å². The minimum absolute atomic E-state index is 0.110. The van der Waals surface area contributed by atoms with Crippen LogP contribution in [0.3, 0.4) is 0 Å². The van der Waals surface area contributed by atoms with Crippen LogP contribution in [0.15, 0.2) is 83.1 Å². The third-order valence-corrected chi connectivity index (χ3v) is 4.56. The second-order valence-electron chi connectivity index (χ2n) is 6.72. The molecule has 0 bridgehead atoms. The van der Waals surface area contributed by atoms with Gasteiger partial charge in [-0.1, -0.05) is 60.7 Å². The van der Waals surface area contributed by atoms with Crippen molar-refractivity contribution in [2.24, 2.45) is 0 Å². The first-order valence-electron chi connectivity index (χ1n) is 9.59. The summed E-state index contributed by atoms with van der Waals surface area (Å²) in [6, 6.07) is 17.2. The molecule has 0 aliphatic heterocycles. The molecule has 0 fully saturated rings. The van der Waals surface area contributed by atoms with Crippen LogP contribution < -0.4 is 0 Å². The Morgan fingerprint density at radius 2 is 1.30 bits per heavy atom. The normalized spacial score (nSPS) is 12.4. The third kappa shape index (κ3) is 5.70. The number of hydrogen-bond donors (Lipinski definition) is 0. The lowest BCUT2D eigenvalue weighted by atomic mass is 9.88. The first-order valence-corrected chi connectivity index (χ1v) is 9.59. The number of aldehydes is 1. The number of carbonyl (C=O) groups is 4. The van der Waals surface area contributed by atoms with E-state index in [2.05, 4.69) is 0 Å². The van der Waals surface area contributed by atoms with Gasteiger partial charge >= 0.3 is 5.97 Å². The third-order valence-electron chi connectivity index (χ3n) is 4.56. The number of carbonyl (C=O) groups excluding carboxylic acids is 4. The zero-order valence-corrected chi connectivity index (χ0v) is 17.3. The van der Waals surface area contributed by atoms with E-state index in [1.165, 1.54) is 13.8 Å². The van der Waals surface area contributed by atoms with Crippen molar-refractivity contribution in [3.63, 3.8) is 0 Å². The fraction of sp³-hybridized carbons (Fsp3) is 0.200. The number of Topliss-reactive ketones (excluding diaryl/α,β-unsaturated/α-hetero) is 2. The van der Waals surface area contributed by atoms with Gasteiger partial charge in [0.1, 0.15) is 12.0 Å². The Morgan fingerprint density at radius 1 is 0.800 bits per heavy atom. The highest BCUT2D eigenvalue weighted by molar-refractivity contribution is 6.15. The number of benzene rings is 2. The Labute approximate surface area is 176 Å². The van der Waals surface area contributed by atoms with Crippen LogP contribution in [0.5, 0.6) is 0 Å². The van der Waals surface area contributed by atoms with E-state index in [9.17, 15) is 19.2 Å². The molecule has 30 heavy (non-hydrogen) atoms. The molecule has 2 rings (SSSR count). The van der Waals surface area contributed by atoms with E-state index < -0.39 is 5.97 Å². The van der Waals surface area contributed by atoms with E-state index in [1.807, 2.05) is 0 Å². The molecule has 5 nitrogen and oxygen atoms in total. The van der Waals surface area contributed by atoms with Gasteiger partial charge in [-0.3, -0.25) is 14.4 Å². The minimum Gasteiger partial charge on any atom is -0.431 e. The van der Waals surface area contributed by atoms with Crippen LogP contribution in [0.4, 0.5) is 0 Å². The highest BCUT2D eigenvalue weighted by Crippen LogP contribution is 2.28. The van der Waals surface area contributed by atoms with E-state index in [1.54, 1.807) is 67.6 Å². The number of allylic oxidation sites excluding steroid dienone is 4. The van der Waals surface area contributed by atoms with E-state index in [0.717, 1.165) is 6.29 Å². The first-order chi connectivity index (χ1) is 14.4. The molecule has 0 aliphatic rings. The maximum atomic E-state index is 13.3. The van der Waals surface area contributed by atoms with Crippen LogP contribution in [0.2, 0.25) is 0 Å². The summed E-state index contributed by atoms with van der Waals surface area (Å²) >= 11 is 0. The molecule has 0 aromatic heterocycles. The molecule has 0 unspecified atom stereocenters. The second-order valence-corrected chi connectivity index (χ2v) is 6.72. The quantitative estimate of drug-likeness (QED) is 0.149. The standard InChI is InChI=1S/C25H24O5/c1-17(22(15-10-16-26)24(28)20-11-6-4-7-12-20)23(18(2)30-19(3)27)25(29)21-13-8-5-9-14-21/h4-9,11-14,16H,10,15H2,1-3H3/b22-17+,23-18-. The summed E-state index contributed by atoms with van der Waals surface area (Å²) in [5.74, 6) is -1.10. The summed E-state index contributed by atoms with van der Waals surface area (Å²) in [6.07, 6.45) is 1.03. The zero-order valence-electron chi connectivity index (χ0n) is 17.3. The highest BCUT2D eigenvalue weighted by atomic mass is 16.5. The van der Waals surface area contributed by atoms with E-state index in [0.29, 0.717) is 22.3 Å². The number of ether oxygens (including phenoxy) is 1. The van der Waals surface area contributed by atoms with Crippen LogP contribution in [0.25, 0.3) is 0 Å². The fourth-order valence-electron chi connectivity index (χ4n) is 3.18. The van der Waals surface area contributed by atoms with Crippen LogP contribution >= 0.6 is 0 Å². The summed E-state index contributed by atoms with van der Waals surface area (Å²) in [6.45, 7) is 4.41. The Balaban J connectivity index is 2.68. The molecule has 0 saturated heterocycles. The SMILES string of the molecule is CC(=O)O/C(C)=C(C(=O)c1ccccc1)/C(C)=C(\CCC=O)C(=O)c1ccccc1. The maximum absolute atomic E-state index is 13.3. The van der Waals surface area contributed by atoms with Gasteiger partial charge in [0.05, 0.1) is 5.57 Å². The van der Waals surface area contributed by atoms with Gasteiger partial charge < -0.3 is 9.53 Å². The average Bonchev–Trinajstić information content (AvgIpc) is 2.74. The van der Waals surface area contributed by atoms with Gasteiger partial charge in [0, 0.05) is 30.0 Å². The molecule has 0 radical (unpaired) electrons. The monoisotopic (exact) mass is 404 g/mol. The van der Waals surface area contributed by atoms with Crippen molar-refractivity contribution in [3.05, 3.63) is 94.3 Å². The van der Waals surface area contributed by atoms with Gasteiger partial charge in [-0.25, -0.2) is 0 Å². The van der Waals surface area contributed by atoms with E-state index >= 15 is 0 Å². The number of esters is 1. The predicted octanol–water partition coefficient (Wildman–Crippen LogP) is 4.88. The zero-order chi connectivity index (χ0) is 22.1. The van der Waals surface area contributed by atoms with Crippen molar-refractivity contribution >= 4 is 23.8 Å². The lowest BCUT2D eigenvalue weighted by molar-refractivity contribution is -0.136. The Bertz CT molecular complexity index is 998. The van der Waals surface area contributed by atoms with Crippen molar-refractivity contribution in [2.45, 2.75) is 33.6 Å². The van der Waals surface area contributed by atoms with Crippen LogP contribution in [-0.4, -0.2) is 23.8 Å².